The molecule has 0 aromatic heterocycles. The van der Waals surface area contributed by atoms with E-state index >= 15 is 0 Å². The smallest absolute Gasteiger partial charge is 0.306 e. The Morgan fingerprint density at radius 2 is 1.56 bits per heavy atom. The molecule has 216 valence electrons. The van der Waals surface area contributed by atoms with Crippen molar-refractivity contribution in [3.05, 3.63) is 97.0 Å². The highest BCUT2D eigenvalue weighted by Crippen LogP contribution is 2.40. The lowest BCUT2D eigenvalue weighted by Gasteiger charge is -2.36. The van der Waals surface area contributed by atoms with Crippen molar-refractivity contribution >= 4 is 69.3 Å². The van der Waals surface area contributed by atoms with Gasteiger partial charge < -0.3 is 14.5 Å². The van der Waals surface area contributed by atoms with E-state index in [1.165, 1.54) is 0 Å². The molecule has 9 heteroatoms. The number of esters is 1. The Morgan fingerprint density at radius 3 is 2.17 bits per heavy atom. The molecule has 0 aliphatic carbocycles. The number of unbranched alkanes of at least 4 members (excludes halogenated alkanes) is 1. The minimum absolute atomic E-state index is 0.223. The average Bonchev–Trinajstić information content (AvgIpc) is 2.99. The molecule has 0 saturated carbocycles. The molecule has 3 aromatic carbocycles. The lowest BCUT2D eigenvalue weighted by Crippen LogP contribution is -2.44. The molecular formula is C32H33Cl2IN2O4. The predicted octanol–water partition coefficient (Wildman–Crippen LogP) is 8.40. The van der Waals surface area contributed by atoms with E-state index in [0.717, 1.165) is 9.13 Å². The van der Waals surface area contributed by atoms with Gasteiger partial charge in [0.2, 0.25) is 0 Å². The zero-order valence-electron chi connectivity index (χ0n) is 23.5. The summed E-state index contributed by atoms with van der Waals surface area (Å²) in [4.78, 5) is 44.5. The SMILES string of the molecule is C[C@H](c1ccc(Cl)cc1)N1C(=O)c2cc(I)ccc2N(CCCCC(=O)OC(C)(C)C)C(=O)[C@@H]1c1ccc(Cl)cc1. The van der Waals surface area contributed by atoms with E-state index in [1.54, 1.807) is 46.2 Å². The van der Waals surface area contributed by atoms with Crippen molar-refractivity contribution in [1.82, 2.24) is 4.90 Å². The molecule has 1 heterocycles. The Bertz CT molecular complexity index is 1420. The summed E-state index contributed by atoms with van der Waals surface area (Å²) in [5, 5.41) is 1.13. The van der Waals surface area contributed by atoms with Gasteiger partial charge in [0.15, 0.2) is 0 Å². The first-order valence-electron chi connectivity index (χ1n) is 13.5. The molecule has 1 aliphatic rings. The van der Waals surface area contributed by atoms with Crippen molar-refractivity contribution in [2.45, 2.75) is 64.6 Å². The van der Waals surface area contributed by atoms with Crippen molar-refractivity contribution in [3.8, 4) is 0 Å². The quantitative estimate of drug-likeness (QED) is 0.134. The number of anilines is 1. The van der Waals surface area contributed by atoms with Gasteiger partial charge in [0.25, 0.3) is 11.8 Å². The fraction of sp³-hybridized carbons (Fsp3) is 0.344. The van der Waals surface area contributed by atoms with Crippen LogP contribution in [0.1, 0.15) is 80.5 Å². The molecule has 1 aliphatic heterocycles. The summed E-state index contributed by atoms with van der Waals surface area (Å²) in [7, 11) is 0. The molecule has 3 aromatic rings. The maximum absolute atomic E-state index is 14.5. The van der Waals surface area contributed by atoms with E-state index in [2.05, 4.69) is 22.6 Å². The first kappa shape index (κ1) is 31.3. The van der Waals surface area contributed by atoms with Crippen molar-refractivity contribution in [2.24, 2.45) is 0 Å². The Hall–Kier alpha value is -2.62. The van der Waals surface area contributed by atoms with Crippen molar-refractivity contribution in [2.75, 3.05) is 11.4 Å². The second kappa shape index (κ2) is 13.1. The highest BCUT2D eigenvalue weighted by molar-refractivity contribution is 14.1. The molecule has 41 heavy (non-hydrogen) atoms. The fourth-order valence-corrected chi connectivity index (χ4v) is 5.71. The van der Waals surface area contributed by atoms with Crippen LogP contribution in [0, 0.1) is 3.57 Å². The number of fused-ring (bicyclic) bond motifs is 1. The molecule has 0 radical (unpaired) electrons. The first-order chi connectivity index (χ1) is 19.4. The van der Waals surface area contributed by atoms with Crippen molar-refractivity contribution in [3.63, 3.8) is 0 Å². The van der Waals surface area contributed by atoms with Crippen LogP contribution in [0.5, 0.6) is 0 Å². The Labute approximate surface area is 265 Å². The van der Waals surface area contributed by atoms with Gasteiger partial charge in [0, 0.05) is 26.6 Å². The molecule has 0 spiro atoms. The van der Waals surface area contributed by atoms with Gasteiger partial charge in [-0.3, -0.25) is 14.4 Å². The topological polar surface area (TPSA) is 66.9 Å². The number of halogens is 3. The van der Waals surface area contributed by atoms with Gasteiger partial charge in [-0.15, -0.1) is 0 Å². The molecule has 2 amide bonds. The summed E-state index contributed by atoms with van der Waals surface area (Å²) in [5.41, 5.74) is 1.98. The van der Waals surface area contributed by atoms with Crippen LogP contribution in [0.2, 0.25) is 10.0 Å². The summed E-state index contributed by atoms with van der Waals surface area (Å²) in [5.74, 6) is -0.740. The highest BCUT2D eigenvalue weighted by Gasteiger charge is 2.42. The number of rotatable bonds is 8. The molecule has 0 N–H and O–H groups in total. The number of nitrogens with zero attached hydrogens (tertiary/aromatic N) is 2. The molecule has 0 unspecified atom stereocenters. The zero-order valence-corrected chi connectivity index (χ0v) is 27.2. The number of hydrogen-bond donors (Lipinski definition) is 0. The Kier molecular flexibility index (Phi) is 10.0. The lowest BCUT2D eigenvalue weighted by molar-refractivity contribution is -0.154. The number of amides is 2. The fourth-order valence-electron chi connectivity index (χ4n) is 4.97. The van der Waals surface area contributed by atoms with E-state index in [0.29, 0.717) is 46.2 Å². The van der Waals surface area contributed by atoms with Crippen LogP contribution >= 0.6 is 45.8 Å². The molecule has 0 fully saturated rings. The third kappa shape index (κ3) is 7.62. The number of carbonyl (C=O) groups excluding carboxylic acids is 3. The largest absolute Gasteiger partial charge is 0.460 e. The second-order valence-corrected chi connectivity index (χ2v) is 13.2. The third-order valence-corrected chi connectivity index (χ3v) is 8.06. The predicted molar refractivity (Wildman–Crippen MR) is 171 cm³/mol. The molecule has 6 nitrogen and oxygen atoms in total. The zero-order chi connectivity index (χ0) is 29.9. The average molecular weight is 707 g/mol. The van der Waals surface area contributed by atoms with E-state index in [4.69, 9.17) is 27.9 Å². The van der Waals surface area contributed by atoms with Gasteiger partial charge in [-0.2, -0.15) is 0 Å². The van der Waals surface area contributed by atoms with E-state index < -0.39 is 17.7 Å². The molecular weight excluding hydrogens is 674 g/mol. The van der Waals surface area contributed by atoms with Crippen LogP contribution in [-0.2, 0) is 14.3 Å². The number of benzene rings is 3. The molecule has 0 bridgehead atoms. The molecule has 4 rings (SSSR count). The normalized spacial score (nSPS) is 16.3. The summed E-state index contributed by atoms with van der Waals surface area (Å²) < 4.78 is 6.32. The van der Waals surface area contributed by atoms with Gasteiger partial charge in [-0.1, -0.05) is 47.5 Å². The third-order valence-electron chi connectivity index (χ3n) is 6.88. The minimum atomic E-state index is -0.902. The minimum Gasteiger partial charge on any atom is -0.460 e. The number of hydrogen-bond acceptors (Lipinski definition) is 4. The molecule has 0 saturated heterocycles. The van der Waals surface area contributed by atoms with Gasteiger partial charge in [-0.25, -0.2) is 0 Å². The summed E-state index contributed by atoms with van der Waals surface area (Å²) >= 11 is 14.5. The van der Waals surface area contributed by atoms with Crippen LogP contribution in [0.25, 0.3) is 0 Å². The summed E-state index contributed by atoms with van der Waals surface area (Å²) in [6.07, 6.45) is 1.35. The maximum atomic E-state index is 14.5. The van der Waals surface area contributed by atoms with Gasteiger partial charge >= 0.3 is 5.97 Å². The number of ether oxygens (including phenoxy) is 1. The highest BCUT2D eigenvalue weighted by atomic mass is 127. The van der Waals surface area contributed by atoms with Gasteiger partial charge in [0.05, 0.1) is 17.3 Å². The van der Waals surface area contributed by atoms with Gasteiger partial charge in [0.1, 0.15) is 11.6 Å². The van der Waals surface area contributed by atoms with Crippen LogP contribution in [0.3, 0.4) is 0 Å². The van der Waals surface area contributed by atoms with Crippen molar-refractivity contribution < 1.29 is 19.1 Å². The standard InChI is InChI=1S/C32H33Cl2IN2O4/c1-20(21-8-12-23(33)13-9-21)37-29(22-10-14-24(34)15-11-22)31(40)36(18-6-5-7-28(38)41-32(2,3)4)27-17-16-25(35)19-26(27)30(37)39/h8-17,19-20,29H,5-7,18H2,1-4H3/t20-,29+/m1/s1. The Balaban J connectivity index is 1.74. The maximum Gasteiger partial charge on any atom is 0.306 e. The Morgan fingerprint density at radius 1 is 0.951 bits per heavy atom. The summed E-state index contributed by atoms with van der Waals surface area (Å²) in [6.45, 7) is 7.77. The first-order valence-corrected chi connectivity index (χ1v) is 15.4. The van der Waals surface area contributed by atoms with Crippen molar-refractivity contribution in [1.29, 1.82) is 0 Å². The van der Waals surface area contributed by atoms with Crippen LogP contribution in [0.15, 0.2) is 66.7 Å². The van der Waals surface area contributed by atoms with E-state index in [1.807, 2.05) is 58.0 Å². The van der Waals surface area contributed by atoms with Crippen LogP contribution < -0.4 is 4.90 Å². The van der Waals surface area contributed by atoms with Crippen LogP contribution in [-0.4, -0.2) is 34.8 Å². The molecule has 2 atom stereocenters. The van der Waals surface area contributed by atoms with Gasteiger partial charge in [-0.05, 0) is 117 Å². The lowest BCUT2D eigenvalue weighted by atomic mass is 9.98. The van der Waals surface area contributed by atoms with E-state index in [-0.39, 0.29) is 24.2 Å². The second-order valence-electron chi connectivity index (χ2n) is 11.1. The van der Waals surface area contributed by atoms with Crippen LogP contribution in [0.4, 0.5) is 5.69 Å². The van der Waals surface area contributed by atoms with E-state index in [9.17, 15) is 14.4 Å². The summed E-state index contributed by atoms with van der Waals surface area (Å²) in [6, 6.07) is 18.6. The number of carbonyl (C=O) groups is 3. The monoisotopic (exact) mass is 706 g/mol.